The normalized spacial score (nSPS) is 11.6. The molecule has 0 saturated carbocycles. The fourth-order valence-corrected chi connectivity index (χ4v) is 2.02. The van der Waals surface area contributed by atoms with Crippen LogP contribution in [-0.4, -0.2) is 11.1 Å². The highest BCUT2D eigenvalue weighted by Gasteiger charge is 2.23. The van der Waals surface area contributed by atoms with Gasteiger partial charge in [-0.3, -0.25) is 0 Å². The minimum absolute atomic E-state index is 0.0439. The van der Waals surface area contributed by atoms with E-state index >= 15 is 0 Å². The molecule has 0 radical (unpaired) electrons. The van der Waals surface area contributed by atoms with E-state index in [1.807, 2.05) is 0 Å². The van der Waals surface area contributed by atoms with Crippen LogP contribution in [0.1, 0.15) is 22.8 Å². The van der Waals surface area contributed by atoms with Gasteiger partial charge >= 0.3 is 5.97 Å². The van der Waals surface area contributed by atoms with Crippen LogP contribution < -0.4 is 0 Å². The van der Waals surface area contributed by atoms with Gasteiger partial charge in [0.25, 0.3) is 0 Å². The number of aromatic carboxylic acids is 1. The lowest BCUT2D eigenvalue weighted by molar-refractivity contribution is 0.0696. The summed E-state index contributed by atoms with van der Waals surface area (Å²) < 4.78 is 53.2. The van der Waals surface area contributed by atoms with Gasteiger partial charge in [0, 0.05) is 5.56 Å². The summed E-state index contributed by atoms with van der Waals surface area (Å²) in [6.07, 6.45) is 1.21. The molecule has 22 heavy (non-hydrogen) atoms. The molecule has 0 spiro atoms. The van der Waals surface area contributed by atoms with Crippen molar-refractivity contribution in [1.82, 2.24) is 0 Å². The second kappa shape index (κ2) is 6.01. The Morgan fingerprint density at radius 1 is 1.09 bits per heavy atom. The van der Waals surface area contributed by atoms with Crippen molar-refractivity contribution in [3.8, 4) is 11.1 Å². The molecular formula is C16H10F4O2. The molecule has 2 rings (SSSR count). The highest BCUT2D eigenvalue weighted by molar-refractivity contribution is 5.96. The minimum atomic E-state index is -1.75. The third kappa shape index (κ3) is 3.00. The Bertz CT molecular complexity index is 761. The predicted molar refractivity (Wildman–Crippen MR) is 73.5 cm³/mol. The summed E-state index contributed by atoms with van der Waals surface area (Å²) in [6.45, 7) is 1.24. The van der Waals surface area contributed by atoms with E-state index in [9.17, 15) is 22.4 Å². The van der Waals surface area contributed by atoms with Crippen LogP contribution >= 0.6 is 0 Å². The van der Waals surface area contributed by atoms with Crippen LogP contribution in [0.15, 0.2) is 36.2 Å². The summed E-state index contributed by atoms with van der Waals surface area (Å²) in [6, 6.07) is 5.85. The summed E-state index contributed by atoms with van der Waals surface area (Å²) in [5.41, 5.74) is -0.744. The van der Waals surface area contributed by atoms with Crippen LogP contribution in [0.3, 0.4) is 0 Å². The van der Waals surface area contributed by atoms with Crippen molar-refractivity contribution >= 4 is 12.0 Å². The van der Waals surface area contributed by atoms with Gasteiger partial charge in [0.05, 0.1) is 11.4 Å². The number of carbonyl (C=O) groups is 1. The first-order valence-corrected chi connectivity index (χ1v) is 6.16. The zero-order chi connectivity index (χ0) is 16.4. The van der Waals surface area contributed by atoms with E-state index in [-0.39, 0.29) is 5.56 Å². The predicted octanol–water partition coefficient (Wildman–Crippen LogP) is 4.80. The van der Waals surface area contributed by atoms with Gasteiger partial charge in [-0.25, -0.2) is 22.4 Å². The molecule has 2 nitrogen and oxygen atoms in total. The van der Waals surface area contributed by atoms with Crippen molar-refractivity contribution in [2.75, 3.05) is 0 Å². The average molecular weight is 310 g/mol. The largest absolute Gasteiger partial charge is 0.478 e. The van der Waals surface area contributed by atoms with Gasteiger partial charge in [0.2, 0.25) is 0 Å². The summed E-state index contributed by atoms with van der Waals surface area (Å²) in [7, 11) is 0. The molecule has 0 amide bonds. The molecule has 0 fully saturated rings. The zero-order valence-corrected chi connectivity index (χ0v) is 11.3. The van der Waals surface area contributed by atoms with Crippen LogP contribution in [0, 0.1) is 17.5 Å². The number of hydrogen-bond acceptors (Lipinski definition) is 1. The fraction of sp³-hybridized carbons (Fsp3) is 0.0625. The van der Waals surface area contributed by atoms with Crippen LogP contribution in [0.5, 0.6) is 0 Å². The van der Waals surface area contributed by atoms with Gasteiger partial charge < -0.3 is 5.11 Å². The lowest BCUT2D eigenvalue weighted by Gasteiger charge is -2.10. The number of allylic oxidation sites excluding steroid dienone is 1. The Kier molecular flexibility index (Phi) is 4.30. The zero-order valence-electron chi connectivity index (χ0n) is 11.3. The van der Waals surface area contributed by atoms with E-state index < -0.39 is 40.4 Å². The molecule has 0 aliphatic rings. The molecule has 2 aromatic rings. The first-order valence-electron chi connectivity index (χ1n) is 6.16. The van der Waals surface area contributed by atoms with Gasteiger partial charge in [-0.15, -0.1) is 0 Å². The Morgan fingerprint density at radius 2 is 1.68 bits per heavy atom. The minimum Gasteiger partial charge on any atom is -0.478 e. The summed E-state index contributed by atoms with van der Waals surface area (Å²) >= 11 is 0. The van der Waals surface area contributed by atoms with Crippen LogP contribution in [0.25, 0.3) is 17.2 Å². The van der Waals surface area contributed by atoms with E-state index in [2.05, 4.69) is 0 Å². The second-order valence-electron chi connectivity index (χ2n) is 4.57. The standard InChI is InChI=1S/C16H10F4O2/c1-8(17)6-9-2-4-10(5-3-9)13-11(16(21)22)7-12(18)14(19)15(13)20/h2-7H,1H3,(H,21,22)/b8-6+. The molecule has 0 aliphatic carbocycles. The van der Waals surface area contributed by atoms with E-state index in [1.165, 1.54) is 37.3 Å². The number of benzene rings is 2. The maximum atomic E-state index is 13.9. The number of rotatable bonds is 3. The molecule has 0 atom stereocenters. The van der Waals surface area contributed by atoms with Crippen molar-refractivity contribution in [2.24, 2.45) is 0 Å². The van der Waals surface area contributed by atoms with Crippen molar-refractivity contribution in [3.05, 3.63) is 64.7 Å². The van der Waals surface area contributed by atoms with Gasteiger partial charge in [0.15, 0.2) is 17.5 Å². The Labute approximate surface area is 123 Å². The molecule has 0 aliphatic heterocycles. The van der Waals surface area contributed by atoms with Gasteiger partial charge in [0.1, 0.15) is 0 Å². The smallest absolute Gasteiger partial charge is 0.336 e. The molecule has 2 aromatic carbocycles. The fourth-order valence-electron chi connectivity index (χ4n) is 2.02. The summed E-state index contributed by atoms with van der Waals surface area (Å²) in [4.78, 5) is 11.1. The van der Waals surface area contributed by atoms with Crippen molar-refractivity contribution in [2.45, 2.75) is 6.92 Å². The number of carboxylic acids is 1. The third-order valence-electron chi connectivity index (χ3n) is 2.96. The highest BCUT2D eigenvalue weighted by Crippen LogP contribution is 2.30. The molecule has 0 unspecified atom stereocenters. The van der Waals surface area contributed by atoms with Gasteiger partial charge in [-0.1, -0.05) is 24.3 Å². The van der Waals surface area contributed by atoms with Gasteiger partial charge in [-0.05, 0) is 30.2 Å². The quantitative estimate of drug-likeness (QED) is 0.653. The summed E-state index contributed by atoms with van der Waals surface area (Å²) in [5.74, 6) is -6.94. The van der Waals surface area contributed by atoms with E-state index in [1.54, 1.807) is 0 Å². The van der Waals surface area contributed by atoms with Crippen molar-refractivity contribution in [3.63, 3.8) is 0 Å². The number of hydrogen-bond donors (Lipinski definition) is 1. The average Bonchev–Trinajstić information content (AvgIpc) is 2.45. The molecule has 114 valence electrons. The van der Waals surface area contributed by atoms with E-state index in [0.29, 0.717) is 11.6 Å². The SMILES string of the molecule is C/C(F)=C\c1ccc(-c2c(C(=O)O)cc(F)c(F)c2F)cc1. The van der Waals surface area contributed by atoms with Crippen LogP contribution in [0.4, 0.5) is 17.6 Å². The maximum absolute atomic E-state index is 13.9. The molecule has 1 N–H and O–H groups in total. The Morgan fingerprint density at radius 3 is 2.18 bits per heavy atom. The topological polar surface area (TPSA) is 37.3 Å². The number of halogens is 4. The third-order valence-corrected chi connectivity index (χ3v) is 2.96. The molecule has 0 aromatic heterocycles. The lowest BCUT2D eigenvalue weighted by Crippen LogP contribution is -2.06. The Hall–Kier alpha value is -2.63. The van der Waals surface area contributed by atoms with Crippen LogP contribution in [-0.2, 0) is 0 Å². The van der Waals surface area contributed by atoms with E-state index in [4.69, 9.17) is 5.11 Å². The second-order valence-corrected chi connectivity index (χ2v) is 4.57. The highest BCUT2D eigenvalue weighted by atomic mass is 19.2. The van der Waals surface area contributed by atoms with E-state index in [0.717, 1.165) is 0 Å². The lowest BCUT2D eigenvalue weighted by atomic mass is 9.97. The molecular weight excluding hydrogens is 300 g/mol. The monoisotopic (exact) mass is 310 g/mol. The van der Waals surface area contributed by atoms with Crippen molar-refractivity contribution in [1.29, 1.82) is 0 Å². The summed E-state index contributed by atoms with van der Waals surface area (Å²) in [5, 5.41) is 9.03. The molecule has 0 saturated heterocycles. The Balaban J connectivity index is 2.64. The molecule has 0 heterocycles. The molecule has 0 bridgehead atoms. The molecule has 6 heteroatoms. The maximum Gasteiger partial charge on any atom is 0.336 e. The van der Waals surface area contributed by atoms with Crippen molar-refractivity contribution < 1.29 is 27.5 Å². The van der Waals surface area contributed by atoms with Gasteiger partial charge in [-0.2, -0.15) is 0 Å². The first kappa shape index (κ1) is 15.8. The van der Waals surface area contributed by atoms with Crippen LogP contribution in [0.2, 0.25) is 0 Å². The first-order chi connectivity index (χ1) is 10.3. The number of carboxylic acid groups (broad SMARTS) is 1.